The van der Waals surface area contributed by atoms with Gasteiger partial charge >= 0.3 is 0 Å². The fourth-order valence-electron chi connectivity index (χ4n) is 4.12. The lowest BCUT2D eigenvalue weighted by atomic mass is 10.2. The third kappa shape index (κ3) is 5.99. The Hall–Kier alpha value is -3.42. The lowest BCUT2D eigenvalue weighted by Crippen LogP contribution is -2.25. The Kier molecular flexibility index (Phi) is 7.25. The fourth-order valence-corrected chi connectivity index (χ4v) is 4.35. The summed E-state index contributed by atoms with van der Waals surface area (Å²) in [6.07, 6.45) is 4.31. The molecule has 0 aliphatic carbocycles. The van der Waals surface area contributed by atoms with E-state index in [-0.39, 0.29) is 12.4 Å². The summed E-state index contributed by atoms with van der Waals surface area (Å²) in [7, 11) is 0. The largest absolute Gasteiger partial charge is 0.491 e. The van der Waals surface area contributed by atoms with Crippen LogP contribution in [0.15, 0.2) is 66.9 Å². The predicted molar refractivity (Wildman–Crippen MR) is 136 cm³/mol. The highest BCUT2D eigenvalue weighted by Gasteiger charge is 2.12. The Bertz CT molecular complexity index is 1310. The molecule has 3 aromatic carbocycles. The highest BCUT2D eigenvalue weighted by Crippen LogP contribution is 2.30. The standard InChI is InChI=1S/C27H26ClFN4O2/c28-23-16-21(9-10-26(23)35-18-19-5-3-6-20(29)15-19)31-27-30-17-22-24(32-27)7-4-8-25(22)34-14-13-33-11-1-2-12-33/h3-10,15-17H,1-2,11-14,18H2,(H,30,31,32). The number of nitrogens with zero attached hydrogens (tertiary/aromatic N) is 3. The van der Waals surface area contributed by atoms with Crippen LogP contribution in [-0.4, -0.2) is 41.1 Å². The Morgan fingerprint density at radius 2 is 1.83 bits per heavy atom. The van der Waals surface area contributed by atoms with Crippen molar-refractivity contribution in [2.45, 2.75) is 19.4 Å². The maximum Gasteiger partial charge on any atom is 0.227 e. The third-order valence-corrected chi connectivity index (χ3v) is 6.22. The van der Waals surface area contributed by atoms with Crippen molar-refractivity contribution in [2.75, 3.05) is 31.6 Å². The summed E-state index contributed by atoms with van der Waals surface area (Å²) in [5, 5.41) is 4.49. The second kappa shape index (κ2) is 10.9. The molecule has 5 rings (SSSR count). The molecule has 0 radical (unpaired) electrons. The topological polar surface area (TPSA) is 59.5 Å². The molecule has 2 heterocycles. The summed E-state index contributed by atoms with van der Waals surface area (Å²) in [6.45, 7) is 4.10. The van der Waals surface area contributed by atoms with Gasteiger partial charge in [-0.25, -0.2) is 14.4 Å². The third-order valence-electron chi connectivity index (χ3n) is 5.92. The van der Waals surface area contributed by atoms with Gasteiger partial charge in [-0.05, 0) is 74.0 Å². The molecule has 1 fully saturated rings. The number of fused-ring (bicyclic) bond motifs is 1. The number of aromatic nitrogens is 2. The van der Waals surface area contributed by atoms with Gasteiger partial charge in [-0.3, -0.25) is 4.90 Å². The van der Waals surface area contributed by atoms with Crippen LogP contribution in [0.5, 0.6) is 11.5 Å². The lowest BCUT2D eigenvalue weighted by Gasteiger charge is -2.15. The maximum atomic E-state index is 13.4. The van der Waals surface area contributed by atoms with Crippen LogP contribution in [0.4, 0.5) is 16.0 Å². The van der Waals surface area contributed by atoms with Gasteiger partial charge in [0.05, 0.1) is 15.9 Å². The first kappa shape index (κ1) is 23.3. The number of benzene rings is 3. The van der Waals surface area contributed by atoms with Crippen LogP contribution in [0.3, 0.4) is 0 Å². The van der Waals surface area contributed by atoms with Crippen molar-refractivity contribution < 1.29 is 13.9 Å². The Morgan fingerprint density at radius 3 is 2.66 bits per heavy atom. The van der Waals surface area contributed by atoms with Gasteiger partial charge < -0.3 is 14.8 Å². The normalized spacial score (nSPS) is 13.8. The SMILES string of the molecule is Fc1cccc(COc2ccc(Nc3ncc4c(OCCN5CCCC5)cccc4n3)cc2Cl)c1. The first-order chi connectivity index (χ1) is 17.1. The van der Waals surface area contributed by atoms with Crippen molar-refractivity contribution in [3.63, 3.8) is 0 Å². The van der Waals surface area contributed by atoms with Crippen molar-refractivity contribution in [1.29, 1.82) is 0 Å². The molecule has 0 bridgehead atoms. The van der Waals surface area contributed by atoms with Gasteiger partial charge in [0.15, 0.2) is 0 Å². The highest BCUT2D eigenvalue weighted by molar-refractivity contribution is 6.32. The molecule has 1 aliphatic rings. The number of hydrogen-bond donors (Lipinski definition) is 1. The van der Waals surface area contributed by atoms with E-state index < -0.39 is 0 Å². The molecule has 1 saturated heterocycles. The van der Waals surface area contributed by atoms with Crippen LogP contribution in [0.2, 0.25) is 5.02 Å². The van der Waals surface area contributed by atoms with Crippen molar-refractivity contribution in [3.05, 3.63) is 83.3 Å². The van der Waals surface area contributed by atoms with Crippen LogP contribution >= 0.6 is 11.6 Å². The van der Waals surface area contributed by atoms with E-state index in [1.807, 2.05) is 24.3 Å². The van der Waals surface area contributed by atoms with Gasteiger partial charge in [-0.2, -0.15) is 0 Å². The first-order valence-corrected chi connectivity index (χ1v) is 12.1. The van der Waals surface area contributed by atoms with Gasteiger partial charge in [0, 0.05) is 18.4 Å². The minimum Gasteiger partial charge on any atom is -0.491 e. The molecule has 0 atom stereocenters. The molecule has 4 aromatic rings. The van der Waals surface area contributed by atoms with Gasteiger partial charge in [0.25, 0.3) is 0 Å². The molecule has 0 unspecified atom stereocenters. The van der Waals surface area contributed by atoms with E-state index in [0.29, 0.717) is 23.3 Å². The maximum absolute atomic E-state index is 13.4. The smallest absolute Gasteiger partial charge is 0.227 e. The number of rotatable bonds is 9. The zero-order valence-electron chi connectivity index (χ0n) is 19.2. The monoisotopic (exact) mass is 492 g/mol. The fraction of sp³-hybridized carbons (Fsp3) is 0.259. The van der Waals surface area contributed by atoms with E-state index in [1.165, 1.54) is 25.0 Å². The second-order valence-electron chi connectivity index (χ2n) is 8.47. The highest BCUT2D eigenvalue weighted by atomic mass is 35.5. The molecule has 1 aliphatic heterocycles. The molecule has 1 N–H and O–H groups in total. The second-order valence-corrected chi connectivity index (χ2v) is 8.88. The zero-order chi connectivity index (χ0) is 24.0. The number of likely N-dealkylation sites (tertiary alicyclic amines) is 1. The molecule has 8 heteroatoms. The van der Waals surface area contributed by atoms with E-state index in [1.54, 1.807) is 30.5 Å². The van der Waals surface area contributed by atoms with Gasteiger partial charge in [0.1, 0.15) is 30.5 Å². The molecular formula is C27H26ClFN4O2. The van der Waals surface area contributed by atoms with E-state index in [2.05, 4.69) is 20.2 Å². The quantitative estimate of drug-likeness (QED) is 0.299. The summed E-state index contributed by atoms with van der Waals surface area (Å²) < 4.78 is 25.1. The summed E-state index contributed by atoms with van der Waals surface area (Å²) >= 11 is 6.40. The molecule has 35 heavy (non-hydrogen) atoms. The Morgan fingerprint density at radius 1 is 0.971 bits per heavy atom. The van der Waals surface area contributed by atoms with E-state index >= 15 is 0 Å². The number of nitrogens with one attached hydrogen (secondary N) is 1. The number of hydrogen-bond acceptors (Lipinski definition) is 6. The van der Waals surface area contributed by atoms with Crippen LogP contribution in [-0.2, 0) is 6.61 Å². The number of anilines is 2. The minimum atomic E-state index is -0.298. The average Bonchev–Trinajstić information content (AvgIpc) is 3.37. The van der Waals surface area contributed by atoms with E-state index in [0.717, 1.165) is 47.5 Å². The van der Waals surface area contributed by atoms with Crippen molar-refractivity contribution in [1.82, 2.24) is 14.9 Å². The first-order valence-electron chi connectivity index (χ1n) is 11.7. The van der Waals surface area contributed by atoms with E-state index in [4.69, 9.17) is 21.1 Å². The molecule has 0 spiro atoms. The van der Waals surface area contributed by atoms with Crippen molar-refractivity contribution >= 4 is 34.1 Å². The predicted octanol–water partition coefficient (Wildman–Crippen LogP) is 6.22. The lowest BCUT2D eigenvalue weighted by molar-refractivity contribution is 0.239. The molecule has 6 nitrogen and oxygen atoms in total. The van der Waals surface area contributed by atoms with E-state index in [9.17, 15) is 4.39 Å². The molecule has 1 aromatic heterocycles. The van der Waals surface area contributed by atoms with Gasteiger partial charge in [0.2, 0.25) is 5.95 Å². The minimum absolute atomic E-state index is 0.223. The summed E-state index contributed by atoms with van der Waals surface area (Å²) in [5.41, 5.74) is 2.25. The summed E-state index contributed by atoms with van der Waals surface area (Å²) in [4.78, 5) is 11.5. The summed E-state index contributed by atoms with van der Waals surface area (Å²) in [5.74, 6) is 1.46. The Labute approximate surface area is 208 Å². The molecule has 180 valence electrons. The van der Waals surface area contributed by atoms with Gasteiger partial charge in [-0.15, -0.1) is 0 Å². The number of ether oxygens (including phenoxy) is 2. The van der Waals surface area contributed by atoms with Crippen LogP contribution < -0.4 is 14.8 Å². The van der Waals surface area contributed by atoms with Crippen molar-refractivity contribution in [2.24, 2.45) is 0 Å². The molecule has 0 saturated carbocycles. The average molecular weight is 493 g/mol. The van der Waals surface area contributed by atoms with Crippen molar-refractivity contribution in [3.8, 4) is 11.5 Å². The van der Waals surface area contributed by atoms with Gasteiger partial charge in [-0.1, -0.05) is 29.8 Å². The van der Waals surface area contributed by atoms with Crippen LogP contribution in [0.1, 0.15) is 18.4 Å². The molecular weight excluding hydrogens is 467 g/mol. The zero-order valence-corrected chi connectivity index (χ0v) is 20.0. The van der Waals surface area contributed by atoms with Crippen LogP contribution in [0, 0.1) is 5.82 Å². The Balaban J connectivity index is 1.22. The number of halogens is 2. The summed E-state index contributed by atoms with van der Waals surface area (Å²) in [6, 6.07) is 17.4. The van der Waals surface area contributed by atoms with Crippen LogP contribution in [0.25, 0.3) is 10.9 Å². The molecule has 0 amide bonds.